The summed E-state index contributed by atoms with van der Waals surface area (Å²) in [6, 6.07) is 36.0. The van der Waals surface area contributed by atoms with Crippen LogP contribution in [0, 0.1) is 27.7 Å². The smallest absolute Gasteiger partial charge is 0.145 e. The van der Waals surface area contributed by atoms with Gasteiger partial charge < -0.3 is 19.6 Å². The number of hydrogen-bond donors (Lipinski definition) is 0. The second-order valence-corrected chi connectivity index (χ2v) is 10.3. The number of rotatable bonds is 4. The van der Waals surface area contributed by atoms with Gasteiger partial charge in [-0.2, -0.15) is 0 Å². The third kappa shape index (κ3) is 3.97. The third-order valence-corrected chi connectivity index (χ3v) is 7.62. The summed E-state index contributed by atoms with van der Waals surface area (Å²) in [5.74, 6) is 0. The Labute approximate surface area is 215 Å². The summed E-state index contributed by atoms with van der Waals surface area (Å²) in [6.45, 7) is 10.3. The number of anilines is 4. The molecule has 4 heteroatoms. The van der Waals surface area contributed by atoms with Crippen molar-refractivity contribution in [1.82, 2.24) is 0 Å². The van der Waals surface area contributed by atoms with E-state index in [1.165, 1.54) is 45.0 Å². The first-order valence-electron chi connectivity index (χ1n) is 12.8. The van der Waals surface area contributed by atoms with Crippen LogP contribution in [-0.2, 0) is 0 Å². The van der Waals surface area contributed by atoms with Gasteiger partial charge in [0.2, 0.25) is 0 Å². The van der Waals surface area contributed by atoms with Crippen LogP contribution in [0.4, 0.5) is 22.7 Å². The highest BCUT2D eigenvalue weighted by molar-refractivity contribution is 5.68. The van der Waals surface area contributed by atoms with Crippen molar-refractivity contribution in [3.8, 4) is 0 Å². The normalized spacial score (nSPS) is 19.2. The van der Waals surface area contributed by atoms with E-state index in [4.69, 9.17) is 0 Å². The van der Waals surface area contributed by atoms with Crippen molar-refractivity contribution >= 4 is 22.7 Å². The maximum absolute atomic E-state index is 2.57. The molecular formula is C32H34N4. The van der Waals surface area contributed by atoms with Gasteiger partial charge in [-0.05, 0) is 76.2 Å². The SMILES string of the molecule is Cc1ccc(N2CN(c3ccc(C)cc3)C3C2N(c2ccc(C)cc2)CN3c2ccc(C)cc2)cc1. The average molecular weight is 475 g/mol. The molecule has 0 aromatic heterocycles. The van der Waals surface area contributed by atoms with Gasteiger partial charge in [-0.25, -0.2) is 0 Å². The Morgan fingerprint density at radius 1 is 0.361 bits per heavy atom. The van der Waals surface area contributed by atoms with Gasteiger partial charge in [0.1, 0.15) is 12.3 Å². The zero-order chi connectivity index (χ0) is 24.8. The predicted molar refractivity (Wildman–Crippen MR) is 152 cm³/mol. The third-order valence-electron chi connectivity index (χ3n) is 7.62. The van der Waals surface area contributed by atoms with Crippen LogP contribution >= 0.6 is 0 Å². The molecule has 36 heavy (non-hydrogen) atoms. The maximum atomic E-state index is 2.57. The fourth-order valence-corrected chi connectivity index (χ4v) is 5.53. The van der Waals surface area contributed by atoms with Crippen LogP contribution < -0.4 is 19.6 Å². The predicted octanol–water partition coefficient (Wildman–Crippen LogP) is 6.84. The van der Waals surface area contributed by atoms with Gasteiger partial charge in [-0.3, -0.25) is 0 Å². The van der Waals surface area contributed by atoms with E-state index < -0.39 is 0 Å². The molecule has 2 aliphatic heterocycles. The van der Waals surface area contributed by atoms with E-state index in [0.717, 1.165) is 13.3 Å². The summed E-state index contributed by atoms with van der Waals surface area (Å²) in [6.07, 6.45) is 0.330. The minimum Gasteiger partial charge on any atom is -0.330 e. The molecule has 4 nitrogen and oxygen atoms in total. The summed E-state index contributed by atoms with van der Waals surface area (Å²) in [7, 11) is 0. The van der Waals surface area contributed by atoms with Gasteiger partial charge >= 0.3 is 0 Å². The zero-order valence-electron chi connectivity index (χ0n) is 21.6. The van der Waals surface area contributed by atoms with E-state index in [1.54, 1.807) is 0 Å². The molecule has 6 rings (SSSR count). The Balaban J connectivity index is 1.50. The lowest BCUT2D eigenvalue weighted by molar-refractivity contribution is 0.640. The maximum Gasteiger partial charge on any atom is 0.145 e. The molecular weight excluding hydrogens is 440 g/mol. The molecule has 0 amide bonds. The Bertz CT molecular complexity index is 1120. The van der Waals surface area contributed by atoms with Crippen molar-refractivity contribution < 1.29 is 0 Å². The van der Waals surface area contributed by atoms with E-state index in [0.29, 0.717) is 0 Å². The van der Waals surface area contributed by atoms with Crippen molar-refractivity contribution in [2.75, 3.05) is 32.9 Å². The van der Waals surface area contributed by atoms with Crippen molar-refractivity contribution in [3.63, 3.8) is 0 Å². The van der Waals surface area contributed by atoms with Gasteiger partial charge in [0.05, 0.1) is 13.3 Å². The standard InChI is InChI=1S/C32H34N4/c1-23-5-13-27(14-6-23)33-21-34(28-15-7-24(2)8-16-28)32-31(33)35(29-17-9-25(3)10-18-29)22-36(32)30-19-11-26(4)12-20-30/h5-20,31-32H,21-22H2,1-4H3. The molecule has 2 saturated heterocycles. The van der Waals surface area contributed by atoms with E-state index in [-0.39, 0.29) is 12.3 Å². The molecule has 0 N–H and O–H groups in total. The van der Waals surface area contributed by atoms with Crippen molar-refractivity contribution in [2.24, 2.45) is 0 Å². The quantitative estimate of drug-likeness (QED) is 0.321. The molecule has 0 spiro atoms. The van der Waals surface area contributed by atoms with Gasteiger partial charge in [0, 0.05) is 22.7 Å². The molecule has 4 aromatic rings. The van der Waals surface area contributed by atoms with Crippen molar-refractivity contribution in [1.29, 1.82) is 0 Å². The highest BCUT2D eigenvalue weighted by Crippen LogP contribution is 2.42. The minimum atomic E-state index is 0.165. The summed E-state index contributed by atoms with van der Waals surface area (Å²) in [4.78, 5) is 10.3. The fraction of sp³-hybridized carbons (Fsp3) is 0.250. The second-order valence-electron chi connectivity index (χ2n) is 10.3. The first-order chi connectivity index (χ1) is 17.5. The Morgan fingerprint density at radius 3 is 0.750 bits per heavy atom. The van der Waals surface area contributed by atoms with E-state index in [1.807, 2.05) is 0 Å². The highest BCUT2D eigenvalue weighted by atomic mass is 15.6. The van der Waals surface area contributed by atoms with E-state index >= 15 is 0 Å². The van der Waals surface area contributed by atoms with Crippen LogP contribution in [0.1, 0.15) is 22.3 Å². The molecule has 0 atom stereocenters. The molecule has 2 fully saturated rings. The summed E-state index contributed by atoms with van der Waals surface area (Å²) < 4.78 is 0. The zero-order valence-corrected chi connectivity index (χ0v) is 21.6. The molecule has 4 aromatic carbocycles. The van der Waals surface area contributed by atoms with Crippen LogP contribution in [0.3, 0.4) is 0 Å². The first kappa shape index (κ1) is 22.5. The Hall–Kier alpha value is -3.92. The Morgan fingerprint density at radius 2 is 0.556 bits per heavy atom. The topological polar surface area (TPSA) is 13.0 Å². The summed E-state index contributed by atoms with van der Waals surface area (Å²) >= 11 is 0. The second kappa shape index (κ2) is 8.94. The molecule has 0 radical (unpaired) electrons. The van der Waals surface area contributed by atoms with Crippen LogP contribution in [0.25, 0.3) is 0 Å². The number of aryl methyl sites for hydroxylation is 4. The number of fused-ring (bicyclic) bond motifs is 1. The molecule has 0 saturated carbocycles. The van der Waals surface area contributed by atoms with Gasteiger partial charge in [-0.15, -0.1) is 0 Å². The van der Waals surface area contributed by atoms with Crippen LogP contribution in [0.2, 0.25) is 0 Å². The lowest BCUT2D eigenvalue weighted by Crippen LogP contribution is -2.46. The van der Waals surface area contributed by atoms with Gasteiger partial charge in [0.15, 0.2) is 0 Å². The van der Waals surface area contributed by atoms with Crippen molar-refractivity contribution in [2.45, 2.75) is 40.0 Å². The van der Waals surface area contributed by atoms with Gasteiger partial charge in [0.25, 0.3) is 0 Å². The van der Waals surface area contributed by atoms with Crippen LogP contribution in [0.15, 0.2) is 97.1 Å². The highest BCUT2D eigenvalue weighted by Gasteiger charge is 2.52. The molecule has 182 valence electrons. The molecule has 2 heterocycles. The Kier molecular flexibility index (Phi) is 5.60. The molecule has 0 aliphatic carbocycles. The van der Waals surface area contributed by atoms with Crippen LogP contribution in [-0.4, -0.2) is 25.7 Å². The lowest BCUT2D eigenvalue weighted by atomic mass is 10.1. The van der Waals surface area contributed by atoms with Crippen molar-refractivity contribution in [3.05, 3.63) is 119 Å². The average Bonchev–Trinajstić information content (AvgIpc) is 3.45. The van der Waals surface area contributed by atoms with Crippen LogP contribution in [0.5, 0.6) is 0 Å². The lowest BCUT2D eigenvalue weighted by Gasteiger charge is -2.33. The fourth-order valence-electron chi connectivity index (χ4n) is 5.53. The van der Waals surface area contributed by atoms with E-state index in [2.05, 4.69) is 144 Å². The van der Waals surface area contributed by atoms with Gasteiger partial charge in [-0.1, -0.05) is 70.8 Å². The van der Waals surface area contributed by atoms with E-state index in [9.17, 15) is 0 Å². The largest absolute Gasteiger partial charge is 0.330 e. The molecule has 0 bridgehead atoms. The molecule has 2 aliphatic rings. The summed E-state index contributed by atoms with van der Waals surface area (Å²) in [5.41, 5.74) is 10.2. The first-order valence-corrected chi connectivity index (χ1v) is 12.8. The number of hydrogen-bond acceptors (Lipinski definition) is 4. The molecule has 0 unspecified atom stereocenters. The number of benzene rings is 4. The minimum absolute atomic E-state index is 0.165. The monoisotopic (exact) mass is 474 g/mol. The summed E-state index contributed by atoms with van der Waals surface area (Å²) in [5, 5.41) is 0. The number of nitrogens with zero attached hydrogens (tertiary/aromatic N) is 4.